The molecule has 0 spiro atoms. The zero-order chi connectivity index (χ0) is 13.8. The summed E-state index contributed by atoms with van der Waals surface area (Å²) in [5.41, 5.74) is 5.42. The molecule has 0 aliphatic rings. The summed E-state index contributed by atoms with van der Waals surface area (Å²) >= 11 is 0. The van der Waals surface area contributed by atoms with Crippen LogP contribution < -0.4 is 11.1 Å². The molecule has 100 valence electrons. The average Bonchev–Trinajstić information content (AvgIpc) is 2.30. The van der Waals surface area contributed by atoms with Crippen LogP contribution in [0.3, 0.4) is 0 Å². The monoisotopic (exact) mass is 256 g/mol. The number of halogens is 2. The fraction of sp³-hybridized carbons (Fsp3) is 0.462. The van der Waals surface area contributed by atoms with Gasteiger partial charge in [0.15, 0.2) is 11.6 Å². The third kappa shape index (κ3) is 3.77. The van der Waals surface area contributed by atoms with Crippen LogP contribution in [0.1, 0.15) is 25.8 Å². The quantitative estimate of drug-likeness (QED) is 0.842. The van der Waals surface area contributed by atoms with Crippen LogP contribution in [0.2, 0.25) is 0 Å². The second kappa shape index (κ2) is 5.91. The van der Waals surface area contributed by atoms with Crippen molar-refractivity contribution in [3.63, 3.8) is 0 Å². The van der Waals surface area contributed by atoms with Gasteiger partial charge in [0.25, 0.3) is 0 Å². The van der Waals surface area contributed by atoms with Crippen molar-refractivity contribution < 1.29 is 13.6 Å². The molecule has 0 atom stereocenters. The molecule has 0 fully saturated rings. The summed E-state index contributed by atoms with van der Waals surface area (Å²) in [5.74, 6) is -1.90. The molecule has 0 heterocycles. The van der Waals surface area contributed by atoms with Crippen LogP contribution in [0.5, 0.6) is 0 Å². The molecular formula is C13H18F2N2O. The van der Waals surface area contributed by atoms with Gasteiger partial charge in [0.05, 0.1) is 0 Å². The second-order valence-corrected chi connectivity index (χ2v) is 4.83. The zero-order valence-corrected chi connectivity index (χ0v) is 10.6. The zero-order valence-electron chi connectivity index (χ0n) is 10.6. The molecule has 1 rings (SSSR count). The number of carbonyl (C=O) groups is 1. The SMILES string of the molecule is CC(C)(CNC(=O)CCN)c1ccc(F)c(F)c1. The van der Waals surface area contributed by atoms with Crippen molar-refractivity contribution >= 4 is 5.91 Å². The number of carbonyl (C=O) groups excluding carboxylic acids is 1. The lowest BCUT2D eigenvalue weighted by atomic mass is 9.84. The molecule has 0 unspecified atom stereocenters. The van der Waals surface area contributed by atoms with Gasteiger partial charge in [0.2, 0.25) is 5.91 Å². The van der Waals surface area contributed by atoms with Crippen LogP contribution in [0, 0.1) is 11.6 Å². The molecule has 0 bridgehead atoms. The van der Waals surface area contributed by atoms with E-state index >= 15 is 0 Å². The minimum Gasteiger partial charge on any atom is -0.355 e. The first-order valence-corrected chi connectivity index (χ1v) is 5.79. The Bertz CT molecular complexity index is 433. The van der Waals surface area contributed by atoms with E-state index in [-0.39, 0.29) is 18.9 Å². The third-order valence-corrected chi connectivity index (χ3v) is 2.80. The predicted molar refractivity (Wildman–Crippen MR) is 66.1 cm³/mol. The summed E-state index contributed by atoms with van der Waals surface area (Å²) in [6.07, 6.45) is 0.258. The van der Waals surface area contributed by atoms with E-state index in [1.807, 2.05) is 13.8 Å². The van der Waals surface area contributed by atoms with Crippen molar-refractivity contribution in [2.75, 3.05) is 13.1 Å². The minimum absolute atomic E-state index is 0.145. The first-order chi connectivity index (χ1) is 8.36. The molecule has 0 radical (unpaired) electrons. The average molecular weight is 256 g/mol. The van der Waals surface area contributed by atoms with Crippen LogP contribution in [-0.2, 0) is 10.2 Å². The third-order valence-electron chi connectivity index (χ3n) is 2.80. The fourth-order valence-corrected chi connectivity index (χ4v) is 1.56. The summed E-state index contributed by atoms with van der Waals surface area (Å²) in [7, 11) is 0. The lowest BCUT2D eigenvalue weighted by Gasteiger charge is -2.25. The summed E-state index contributed by atoms with van der Waals surface area (Å²) in [5, 5.41) is 2.72. The highest BCUT2D eigenvalue weighted by atomic mass is 19.2. The van der Waals surface area contributed by atoms with Crippen molar-refractivity contribution in [2.24, 2.45) is 5.73 Å². The van der Waals surface area contributed by atoms with Gasteiger partial charge in [-0.2, -0.15) is 0 Å². The number of nitrogens with one attached hydrogen (secondary N) is 1. The first kappa shape index (κ1) is 14.6. The molecule has 0 aromatic heterocycles. The molecule has 0 aliphatic carbocycles. The Hall–Kier alpha value is -1.49. The molecule has 0 saturated carbocycles. The second-order valence-electron chi connectivity index (χ2n) is 4.83. The molecule has 1 amide bonds. The largest absolute Gasteiger partial charge is 0.355 e. The van der Waals surface area contributed by atoms with E-state index in [1.54, 1.807) is 0 Å². The number of benzene rings is 1. The van der Waals surface area contributed by atoms with Gasteiger partial charge in [0.1, 0.15) is 0 Å². The van der Waals surface area contributed by atoms with E-state index in [9.17, 15) is 13.6 Å². The molecule has 3 N–H and O–H groups in total. The topological polar surface area (TPSA) is 55.1 Å². The van der Waals surface area contributed by atoms with E-state index in [2.05, 4.69) is 5.32 Å². The molecule has 0 saturated heterocycles. The molecule has 5 heteroatoms. The van der Waals surface area contributed by atoms with Crippen LogP contribution in [0.15, 0.2) is 18.2 Å². The van der Waals surface area contributed by atoms with Gasteiger partial charge in [0, 0.05) is 24.9 Å². The van der Waals surface area contributed by atoms with E-state index in [0.717, 1.165) is 12.1 Å². The predicted octanol–water partition coefficient (Wildman–Crippen LogP) is 1.71. The maximum absolute atomic E-state index is 13.2. The van der Waals surface area contributed by atoms with Crippen molar-refractivity contribution in [1.82, 2.24) is 5.32 Å². The molecule has 3 nitrogen and oxygen atoms in total. The minimum atomic E-state index is -0.881. The Morgan fingerprint density at radius 3 is 2.56 bits per heavy atom. The molecule has 0 aliphatic heterocycles. The van der Waals surface area contributed by atoms with Gasteiger partial charge in [-0.25, -0.2) is 8.78 Å². The Morgan fingerprint density at radius 1 is 1.33 bits per heavy atom. The van der Waals surface area contributed by atoms with Crippen molar-refractivity contribution in [3.05, 3.63) is 35.4 Å². The van der Waals surface area contributed by atoms with Crippen LogP contribution in [-0.4, -0.2) is 19.0 Å². The summed E-state index contributed by atoms with van der Waals surface area (Å²) < 4.78 is 26.0. The number of amides is 1. The van der Waals surface area contributed by atoms with E-state index in [4.69, 9.17) is 5.73 Å². The van der Waals surface area contributed by atoms with Gasteiger partial charge < -0.3 is 11.1 Å². The van der Waals surface area contributed by atoms with Gasteiger partial charge in [-0.15, -0.1) is 0 Å². The first-order valence-electron chi connectivity index (χ1n) is 5.79. The summed E-state index contributed by atoms with van der Waals surface area (Å²) in [6, 6.07) is 3.77. The summed E-state index contributed by atoms with van der Waals surface area (Å²) in [6.45, 7) is 4.33. The number of nitrogens with two attached hydrogens (primary N) is 1. The highest BCUT2D eigenvalue weighted by molar-refractivity contribution is 5.76. The van der Waals surface area contributed by atoms with Crippen LogP contribution in [0.25, 0.3) is 0 Å². The summed E-state index contributed by atoms with van der Waals surface area (Å²) in [4.78, 5) is 11.3. The fourth-order valence-electron chi connectivity index (χ4n) is 1.56. The Labute approximate surface area is 105 Å². The molecule has 1 aromatic rings. The normalized spacial score (nSPS) is 11.4. The van der Waals surface area contributed by atoms with E-state index < -0.39 is 17.0 Å². The van der Waals surface area contributed by atoms with E-state index in [1.165, 1.54) is 6.07 Å². The lowest BCUT2D eigenvalue weighted by Crippen LogP contribution is -2.37. The number of hydrogen-bond acceptors (Lipinski definition) is 2. The highest BCUT2D eigenvalue weighted by Crippen LogP contribution is 2.23. The Balaban J connectivity index is 2.73. The lowest BCUT2D eigenvalue weighted by molar-refractivity contribution is -0.121. The smallest absolute Gasteiger partial charge is 0.221 e. The number of rotatable bonds is 5. The van der Waals surface area contributed by atoms with Gasteiger partial charge in [-0.3, -0.25) is 4.79 Å². The number of hydrogen-bond donors (Lipinski definition) is 2. The van der Waals surface area contributed by atoms with Gasteiger partial charge in [-0.05, 0) is 17.7 Å². The van der Waals surface area contributed by atoms with Crippen LogP contribution in [0.4, 0.5) is 8.78 Å². The maximum Gasteiger partial charge on any atom is 0.221 e. The Morgan fingerprint density at radius 2 is 2.00 bits per heavy atom. The highest BCUT2D eigenvalue weighted by Gasteiger charge is 2.22. The van der Waals surface area contributed by atoms with Gasteiger partial charge in [-0.1, -0.05) is 19.9 Å². The van der Waals surface area contributed by atoms with Crippen molar-refractivity contribution in [1.29, 1.82) is 0 Å². The standard InChI is InChI=1S/C13H18F2N2O/c1-13(2,8-17-12(18)5-6-16)9-3-4-10(14)11(15)7-9/h3-4,7H,5-6,8,16H2,1-2H3,(H,17,18). The van der Waals surface area contributed by atoms with Crippen LogP contribution >= 0.6 is 0 Å². The molecular weight excluding hydrogens is 238 g/mol. The maximum atomic E-state index is 13.2. The van der Waals surface area contributed by atoms with Crippen molar-refractivity contribution in [3.8, 4) is 0 Å². The van der Waals surface area contributed by atoms with Gasteiger partial charge >= 0.3 is 0 Å². The molecule has 1 aromatic carbocycles. The van der Waals surface area contributed by atoms with Crippen molar-refractivity contribution in [2.45, 2.75) is 25.7 Å². The molecule has 18 heavy (non-hydrogen) atoms. The Kier molecular flexibility index (Phi) is 4.78. The van der Waals surface area contributed by atoms with E-state index in [0.29, 0.717) is 12.1 Å².